The molecule has 2 rings (SSSR count). The van der Waals surface area contributed by atoms with Crippen molar-refractivity contribution in [3.63, 3.8) is 0 Å². The van der Waals surface area contributed by atoms with E-state index >= 15 is 0 Å². The molecule has 0 aromatic heterocycles. The van der Waals surface area contributed by atoms with E-state index < -0.39 is 0 Å². The van der Waals surface area contributed by atoms with Gasteiger partial charge in [-0.25, -0.2) is 0 Å². The van der Waals surface area contributed by atoms with Gasteiger partial charge in [-0.3, -0.25) is 0 Å². The fraction of sp³-hybridized carbons (Fsp3) is 1.00. The van der Waals surface area contributed by atoms with Crippen LogP contribution in [0.2, 0.25) is 0 Å². The van der Waals surface area contributed by atoms with Crippen LogP contribution in [0, 0.1) is 11.8 Å². The largest absolute Gasteiger partial charge is 0.381 e. The first-order chi connectivity index (χ1) is 7.88. The van der Waals surface area contributed by atoms with E-state index in [1.165, 1.54) is 70.6 Å². The molecule has 0 aromatic rings. The van der Waals surface area contributed by atoms with Crippen LogP contribution >= 0.6 is 0 Å². The maximum Gasteiger partial charge on any atom is 0.0571 e. The first-order valence-electron chi connectivity index (χ1n) is 7.41. The molecule has 0 amide bonds. The molecule has 0 atom stereocenters. The van der Waals surface area contributed by atoms with Crippen molar-refractivity contribution in [2.45, 2.75) is 76.7 Å². The lowest BCUT2D eigenvalue weighted by Crippen LogP contribution is -2.21. The van der Waals surface area contributed by atoms with Gasteiger partial charge in [0, 0.05) is 7.11 Å². The zero-order valence-electron chi connectivity index (χ0n) is 10.9. The van der Waals surface area contributed by atoms with E-state index in [4.69, 9.17) is 4.74 Å². The van der Waals surface area contributed by atoms with Gasteiger partial charge in [0.1, 0.15) is 0 Å². The van der Waals surface area contributed by atoms with Gasteiger partial charge in [0.15, 0.2) is 0 Å². The van der Waals surface area contributed by atoms with Crippen LogP contribution in [0.4, 0.5) is 0 Å². The molecule has 0 N–H and O–H groups in total. The van der Waals surface area contributed by atoms with Gasteiger partial charge in [0.2, 0.25) is 0 Å². The average molecular weight is 224 g/mol. The van der Waals surface area contributed by atoms with E-state index in [1.807, 2.05) is 7.11 Å². The van der Waals surface area contributed by atoms with Crippen LogP contribution < -0.4 is 0 Å². The Labute approximate surface area is 101 Å². The molecule has 0 bridgehead atoms. The second-order valence-corrected chi connectivity index (χ2v) is 5.96. The third kappa shape index (κ3) is 3.76. The van der Waals surface area contributed by atoms with Crippen molar-refractivity contribution < 1.29 is 4.74 Å². The summed E-state index contributed by atoms with van der Waals surface area (Å²) in [5.41, 5.74) is 0. The Morgan fingerprint density at radius 3 is 1.88 bits per heavy atom. The molecule has 0 aromatic carbocycles. The third-order valence-corrected chi connectivity index (χ3v) is 4.84. The molecule has 2 saturated carbocycles. The van der Waals surface area contributed by atoms with Gasteiger partial charge in [-0.2, -0.15) is 0 Å². The second-order valence-electron chi connectivity index (χ2n) is 5.96. The molecular weight excluding hydrogens is 196 g/mol. The molecular formula is C15H28O. The Hall–Kier alpha value is -0.0400. The van der Waals surface area contributed by atoms with E-state index in [2.05, 4.69) is 0 Å². The van der Waals surface area contributed by atoms with Gasteiger partial charge in [0.25, 0.3) is 0 Å². The van der Waals surface area contributed by atoms with Gasteiger partial charge in [-0.1, -0.05) is 44.9 Å². The van der Waals surface area contributed by atoms with Crippen molar-refractivity contribution in [2.75, 3.05) is 7.11 Å². The maximum absolute atomic E-state index is 5.43. The van der Waals surface area contributed by atoms with Crippen LogP contribution in [0.3, 0.4) is 0 Å². The lowest BCUT2D eigenvalue weighted by molar-refractivity contribution is 0.0542. The Morgan fingerprint density at radius 2 is 1.31 bits per heavy atom. The minimum Gasteiger partial charge on any atom is -0.381 e. The summed E-state index contributed by atoms with van der Waals surface area (Å²) in [6.07, 6.45) is 16.6. The molecule has 0 aliphatic heterocycles. The molecule has 0 spiro atoms. The number of hydrogen-bond donors (Lipinski definition) is 0. The predicted octanol–water partition coefficient (Wildman–Crippen LogP) is 4.55. The minimum absolute atomic E-state index is 0.575. The van der Waals surface area contributed by atoms with E-state index in [-0.39, 0.29) is 0 Å². The highest BCUT2D eigenvalue weighted by atomic mass is 16.5. The lowest BCUT2D eigenvalue weighted by atomic mass is 9.79. The van der Waals surface area contributed by atoms with Gasteiger partial charge in [-0.05, 0) is 37.5 Å². The molecule has 2 fully saturated rings. The molecule has 0 saturated heterocycles. The topological polar surface area (TPSA) is 9.23 Å². The first kappa shape index (κ1) is 12.4. The monoisotopic (exact) mass is 224 g/mol. The van der Waals surface area contributed by atoms with Crippen LogP contribution in [0.15, 0.2) is 0 Å². The molecule has 0 unspecified atom stereocenters. The average Bonchev–Trinajstić information content (AvgIpc) is 2.38. The number of ether oxygens (including phenoxy) is 1. The van der Waals surface area contributed by atoms with Crippen LogP contribution in [0.25, 0.3) is 0 Å². The number of rotatable bonds is 4. The van der Waals surface area contributed by atoms with Crippen LogP contribution in [0.5, 0.6) is 0 Å². The summed E-state index contributed by atoms with van der Waals surface area (Å²) < 4.78 is 5.43. The summed E-state index contributed by atoms with van der Waals surface area (Å²) in [5.74, 6) is 2.10. The molecule has 1 nitrogen and oxygen atoms in total. The minimum atomic E-state index is 0.575. The number of methoxy groups -OCH3 is 1. The Bertz CT molecular complexity index is 176. The summed E-state index contributed by atoms with van der Waals surface area (Å²) in [7, 11) is 1.87. The smallest absolute Gasteiger partial charge is 0.0571 e. The molecule has 94 valence electrons. The van der Waals surface area contributed by atoms with E-state index in [0.29, 0.717) is 6.10 Å². The van der Waals surface area contributed by atoms with Gasteiger partial charge in [0.05, 0.1) is 6.10 Å². The molecule has 1 heteroatoms. The highest BCUT2D eigenvalue weighted by Gasteiger charge is 2.22. The summed E-state index contributed by atoms with van der Waals surface area (Å²) in [5, 5.41) is 0. The van der Waals surface area contributed by atoms with E-state index in [1.54, 1.807) is 0 Å². The van der Waals surface area contributed by atoms with Gasteiger partial charge in [-0.15, -0.1) is 0 Å². The van der Waals surface area contributed by atoms with Crippen molar-refractivity contribution >= 4 is 0 Å². The van der Waals surface area contributed by atoms with Gasteiger partial charge >= 0.3 is 0 Å². The summed E-state index contributed by atoms with van der Waals surface area (Å²) in [4.78, 5) is 0. The Balaban J connectivity index is 1.59. The second kappa shape index (κ2) is 6.64. The normalized spacial score (nSPS) is 32.8. The molecule has 2 aliphatic carbocycles. The summed E-state index contributed by atoms with van der Waals surface area (Å²) >= 11 is 0. The fourth-order valence-corrected chi connectivity index (χ4v) is 3.60. The zero-order valence-corrected chi connectivity index (χ0v) is 10.9. The Kier molecular flexibility index (Phi) is 5.15. The first-order valence-corrected chi connectivity index (χ1v) is 7.41. The van der Waals surface area contributed by atoms with E-state index in [9.17, 15) is 0 Å². The Morgan fingerprint density at radius 1 is 0.750 bits per heavy atom. The molecule has 2 aliphatic rings. The van der Waals surface area contributed by atoms with Gasteiger partial charge < -0.3 is 4.74 Å². The highest BCUT2D eigenvalue weighted by Crippen LogP contribution is 2.33. The van der Waals surface area contributed by atoms with Crippen molar-refractivity contribution in [2.24, 2.45) is 11.8 Å². The molecule has 0 radical (unpaired) electrons. The fourth-order valence-electron chi connectivity index (χ4n) is 3.60. The van der Waals surface area contributed by atoms with Crippen molar-refractivity contribution in [1.82, 2.24) is 0 Å². The van der Waals surface area contributed by atoms with Crippen LogP contribution in [0.1, 0.15) is 70.6 Å². The van der Waals surface area contributed by atoms with Crippen molar-refractivity contribution in [3.05, 3.63) is 0 Å². The van der Waals surface area contributed by atoms with Crippen molar-refractivity contribution in [3.8, 4) is 0 Å². The van der Waals surface area contributed by atoms with Crippen LogP contribution in [-0.4, -0.2) is 13.2 Å². The van der Waals surface area contributed by atoms with Crippen LogP contribution in [-0.2, 0) is 4.74 Å². The SMILES string of the molecule is COC1CCC(CCC2CCCCC2)CC1. The molecule has 0 heterocycles. The summed E-state index contributed by atoms with van der Waals surface area (Å²) in [6, 6.07) is 0. The quantitative estimate of drug-likeness (QED) is 0.680. The lowest BCUT2D eigenvalue weighted by Gasteiger charge is -2.29. The maximum atomic E-state index is 5.43. The third-order valence-electron chi connectivity index (χ3n) is 4.84. The zero-order chi connectivity index (χ0) is 11.2. The van der Waals surface area contributed by atoms with E-state index in [0.717, 1.165) is 11.8 Å². The van der Waals surface area contributed by atoms with Crippen molar-refractivity contribution in [1.29, 1.82) is 0 Å². The molecule has 16 heavy (non-hydrogen) atoms. The summed E-state index contributed by atoms with van der Waals surface area (Å²) in [6.45, 7) is 0. The number of hydrogen-bond acceptors (Lipinski definition) is 1. The predicted molar refractivity (Wildman–Crippen MR) is 68.6 cm³/mol. The standard InChI is InChI=1S/C15H28O/c1-16-15-11-9-14(10-12-15)8-7-13-5-3-2-4-6-13/h13-15H,2-12H2,1H3. The highest BCUT2D eigenvalue weighted by molar-refractivity contribution is 4.74.